The molecular formula is C13H18N2O3. The van der Waals surface area contributed by atoms with Crippen LogP contribution < -0.4 is 5.73 Å². The standard InChI is InChI=1S/C13H18N2O3/c14-13(12(16)17)5-6-15(8-13)10-2-1-3-11-9(10)4-7-18-11/h4,7,10H,1-3,5-6,8,14H2,(H,16,17). The van der Waals surface area contributed by atoms with Crippen molar-refractivity contribution in [3.63, 3.8) is 0 Å². The van der Waals surface area contributed by atoms with Crippen LogP contribution in [-0.2, 0) is 11.2 Å². The first-order chi connectivity index (χ1) is 8.60. The highest BCUT2D eigenvalue weighted by Crippen LogP contribution is 2.38. The predicted octanol–water partition coefficient (Wildman–Crippen LogP) is 1.14. The van der Waals surface area contributed by atoms with E-state index in [1.54, 1.807) is 6.26 Å². The van der Waals surface area contributed by atoms with E-state index in [0.717, 1.165) is 31.6 Å². The maximum absolute atomic E-state index is 11.2. The molecule has 1 aliphatic carbocycles. The van der Waals surface area contributed by atoms with E-state index in [0.29, 0.717) is 13.0 Å². The molecule has 1 fully saturated rings. The summed E-state index contributed by atoms with van der Waals surface area (Å²) in [7, 11) is 0. The van der Waals surface area contributed by atoms with E-state index in [1.165, 1.54) is 5.56 Å². The monoisotopic (exact) mass is 250 g/mol. The Balaban J connectivity index is 1.81. The summed E-state index contributed by atoms with van der Waals surface area (Å²) in [6, 6.07) is 2.29. The smallest absolute Gasteiger partial charge is 0.325 e. The van der Waals surface area contributed by atoms with Gasteiger partial charge < -0.3 is 15.3 Å². The molecule has 0 bridgehead atoms. The first kappa shape index (κ1) is 11.7. The molecule has 5 heteroatoms. The van der Waals surface area contributed by atoms with Crippen LogP contribution in [0.4, 0.5) is 0 Å². The summed E-state index contributed by atoms with van der Waals surface area (Å²) < 4.78 is 5.47. The number of furan rings is 1. The highest BCUT2D eigenvalue weighted by Gasteiger charge is 2.44. The minimum Gasteiger partial charge on any atom is -0.480 e. The number of fused-ring (bicyclic) bond motifs is 1. The Kier molecular flexibility index (Phi) is 2.68. The SMILES string of the molecule is NC1(C(=O)O)CCN(C2CCCc3occc32)C1. The fourth-order valence-electron chi connectivity index (χ4n) is 3.15. The number of nitrogens with zero attached hydrogens (tertiary/aromatic N) is 1. The molecule has 1 aliphatic heterocycles. The molecule has 0 spiro atoms. The first-order valence-electron chi connectivity index (χ1n) is 6.43. The molecule has 98 valence electrons. The summed E-state index contributed by atoms with van der Waals surface area (Å²) in [6.45, 7) is 1.18. The molecule has 0 amide bonds. The van der Waals surface area contributed by atoms with Gasteiger partial charge in [0.25, 0.3) is 0 Å². The summed E-state index contributed by atoms with van der Waals surface area (Å²) in [4.78, 5) is 13.4. The van der Waals surface area contributed by atoms with Crippen LogP contribution in [0, 0.1) is 0 Å². The van der Waals surface area contributed by atoms with Gasteiger partial charge in [-0.3, -0.25) is 9.69 Å². The zero-order chi connectivity index (χ0) is 12.8. The Labute approximate surface area is 106 Å². The molecule has 0 saturated carbocycles. The van der Waals surface area contributed by atoms with E-state index in [-0.39, 0.29) is 6.04 Å². The molecule has 2 atom stereocenters. The van der Waals surface area contributed by atoms with Crippen LogP contribution in [0.15, 0.2) is 16.7 Å². The average molecular weight is 250 g/mol. The lowest BCUT2D eigenvalue weighted by molar-refractivity contribution is -0.142. The van der Waals surface area contributed by atoms with Crippen LogP contribution in [-0.4, -0.2) is 34.6 Å². The molecule has 3 N–H and O–H groups in total. The molecule has 2 heterocycles. The number of rotatable bonds is 2. The number of aryl methyl sites for hydroxylation is 1. The molecule has 2 aliphatic rings. The van der Waals surface area contributed by atoms with Gasteiger partial charge >= 0.3 is 5.97 Å². The Bertz CT molecular complexity index is 471. The Morgan fingerprint density at radius 3 is 3.17 bits per heavy atom. The number of hydrogen-bond donors (Lipinski definition) is 2. The minimum atomic E-state index is -1.08. The van der Waals surface area contributed by atoms with Crippen molar-refractivity contribution in [1.29, 1.82) is 0 Å². The summed E-state index contributed by atoms with van der Waals surface area (Å²) in [5.74, 6) is 0.157. The summed E-state index contributed by atoms with van der Waals surface area (Å²) in [5, 5.41) is 9.17. The first-order valence-corrected chi connectivity index (χ1v) is 6.43. The summed E-state index contributed by atoms with van der Waals surface area (Å²) >= 11 is 0. The quantitative estimate of drug-likeness (QED) is 0.823. The van der Waals surface area contributed by atoms with Crippen molar-refractivity contribution in [3.8, 4) is 0 Å². The van der Waals surface area contributed by atoms with Crippen LogP contribution in [0.5, 0.6) is 0 Å². The van der Waals surface area contributed by atoms with Gasteiger partial charge in [0.1, 0.15) is 11.3 Å². The Hall–Kier alpha value is -1.33. The summed E-state index contributed by atoms with van der Waals surface area (Å²) in [5.41, 5.74) is 6.07. The molecule has 0 radical (unpaired) electrons. The number of carboxylic acids is 1. The molecule has 5 nitrogen and oxygen atoms in total. The van der Waals surface area contributed by atoms with Crippen molar-refractivity contribution < 1.29 is 14.3 Å². The van der Waals surface area contributed by atoms with Crippen molar-refractivity contribution in [2.45, 2.75) is 37.3 Å². The number of likely N-dealkylation sites (tertiary alicyclic amines) is 1. The number of nitrogens with two attached hydrogens (primary N) is 1. The molecule has 18 heavy (non-hydrogen) atoms. The second-order valence-electron chi connectivity index (χ2n) is 5.39. The van der Waals surface area contributed by atoms with Gasteiger partial charge in [0, 0.05) is 31.1 Å². The maximum Gasteiger partial charge on any atom is 0.325 e. The average Bonchev–Trinajstić information content (AvgIpc) is 2.95. The molecule has 3 rings (SSSR count). The summed E-state index contributed by atoms with van der Waals surface area (Å²) in [6.07, 6.45) is 5.38. The maximum atomic E-state index is 11.2. The van der Waals surface area contributed by atoms with E-state index in [9.17, 15) is 9.90 Å². The van der Waals surface area contributed by atoms with E-state index in [1.807, 2.05) is 6.07 Å². The Morgan fingerprint density at radius 2 is 2.44 bits per heavy atom. The predicted molar refractivity (Wildman–Crippen MR) is 65.1 cm³/mol. The van der Waals surface area contributed by atoms with Gasteiger partial charge in [-0.2, -0.15) is 0 Å². The minimum absolute atomic E-state index is 0.275. The van der Waals surface area contributed by atoms with Crippen LogP contribution >= 0.6 is 0 Å². The van der Waals surface area contributed by atoms with Gasteiger partial charge in [0.05, 0.1) is 6.26 Å². The van der Waals surface area contributed by atoms with Crippen LogP contribution in [0.25, 0.3) is 0 Å². The lowest BCUT2D eigenvalue weighted by Crippen LogP contribution is -2.50. The number of aliphatic carboxylic acids is 1. The van der Waals surface area contributed by atoms with Crippen molar-refractivity contribution >= 4 is 5.97 Å². The van der Waals surface area contributed by atoms with Gasteiger partial charge in [0.15, 0.2) is 0 Å². The fourth-order valence-corrected chi connectivity index (χ4v) is 3.15. The molecule has 1 aromatic rings. The van der Waals surface area contributed by atoms with Crippen LogP contribution in [0.1, 0.15) is 36.6 Å². The zero-order valence-corrected chi connectivity index (χ0v) is 10.3. The van der Waals surface area contributed by atoms with Crippen molar-refractivity contribution in [2.75, 3.05) is 13.1 Å². The second-order valence-corrected chi connectivity index (χ2v) is 5.39. The lowest BCUT2D eigenvalue weighted by atomic mass is 9.92. The number of carboxylic acid groups (broad SMARTS) is 1. The van der Waals surface area contributed by atoms with Gasteiger partial charge in [-0.05, 0) is 25.3 Å². The Morgan fingerprint density at radius 1 is 1.61 bits per heavy atom. The highest BCUT2D eigenvalue weighted by molar-refractivity contribution is 5.79. The second kappa shape index (κ2) is 4.10. The van der Waals surface area contributed by atoms with Crippen LogP contribution in [0.3, 0.4) is 0 Å². The van der Waals surface area contributed by atoms with Crippen molar-refractivity contribution in [3.05, 3.63) is 23.7 Å². The lowest BCUT2D eigenvalue weighted by Gasteiger charge is -2.31. The van der Waals surface area contributed by atoms with Gasteiger partial charge in [-0.15, -0.1) is 0 Å². The topological polar surface area (TPSA) is 79.7 Å². The zero-order valence-electron chi connectivity index (χ0n) is 10.3. The van der Waals surface area contributed by atoms with E-state index in [2.05, 4.69) is 4.90 Å². The van der Waals surface area contributed by atoms with E-state index >= 15 is 0 Å². The fraction of sp³-hybridized carbons (Fsp3) is 0.615. The van der Waals surface area contributed by atoms with E-state index in [4.69, 9.17) is 10.2 Å². The number of carbonyl (C=O) groups is 1. The van der Waals surface area contributed by atoms with Crippen molar-refractivity contribution in [2.24, 2.45) is 5.73 Å². The third kappa shape index (κ3) is 1.74. The third-order valence-corrected chi connectivity index (χ3v) is 4.22. The largest absolute Gasteiger partial charge is 0.480 e. The normalized spacial score (nSPS) is 32.4. The van der Waals surface area contributed by atoms with Crippen molar-refractivity contribution in [1.82, 2.24) is 4.90 Å². The van der Waals surface area contributed by atoms with E-state index < -0.39 is 11.5 Å². The highest BCUT2D eigenvalue weighted by atomic mass is 16.4. The molecule has 0 aromatic carbocycles. The van der Waals surface area contributed by atoms with Gasteiger partial charge in [-0.1, -0.05) is 0 Å². The van der Waals surface area contributed by atoms with Gasteiger partial charge in [0.2, 0.25) is 0 Å². The van der Waals surface area contributed by atoms with Gasteiger partial charge in [-0.25, -0.2) is 0 Å². The molecule has 1 saturated heterocycles. The van der Waals surface area contributed by atoms with Crippen LogP contribution in [0.2, 0.25) is 0 Å². The third-order valence-electron chi connectivity index (χ3n) is 4.22. The molecule has 1 aromatic heterocycles. The number of hydrogen-bond acceptors (Lipinski definition) is 4. The molecule has 2 unspecified atom stereocenters. The molecular weight excluding hydrogens is 232 g/mol.